The van der Waals surface area contributed by atoms with Gasteiger partial charge >= 0.3 is 0 Å². The minimum Gasteiger partial charge on any atom is -0.209 e. The van der Waals surface area contributed by atoms with Crippen LogP contribution in [-0.4, -0.2) is 0 Å². The van der Waals surface area contributed by atoms with Crippen molar-refractivity contribution in [2.75, 3.05) is 0 Å². The second-order valence-corrected chi connectivity index (χ2v) is 7.68. The van der Waals surface area contributed by atoms with Gasteiger partial charge in [-0.3, -0.25) is 0 Å². The molecule has 0 fully saturated rings. The standard InChI is InChI=1S/C28H18F6/c1-2-23(29)27(33)19-9-7-17(8-10-19)16-3-5-18(6-4-16)20-11-12-22(24(30)13-20)21-14-25(31)28(34)26(32)15-21/h3-15H,2H2,1H3/b27-23+. The zero-order valence-corrected chi connectivity index (χ0v) is 18.0. The van der Waals surface area contributed by atoms with Crippen molar-refractivity contribution in [2.45, 2.75) is 13.3 Å². The van der Waals surface area contributed by atoms with Gasteiger partial charge in [0.25, 0.3) is 0 Å². The Morgan fingerprint density at radius 3 is 1.50 bits per heavy atom. The van der Waals surface area contributed by atoms with Crippen molar-refractivity contribution < 1.29 is 26.3 Å². The molecule has 0 aliphatic heterocycles. The van der Waals surface area contributed by atoms with Gasteiger partial charge < -0.3 is 0 Å². The van der Waals surface area contributed by atoms with E-state index >= 15 is 0 Å². The first kappa shape index (κ1) is 23.4. The number of rotatable bonds is 5. The lowest BCUT2D eigenvalue weighted by Gasteiger charge is -2.09. The van der Waals surface area contributed by atoms with Crippen molar-refractivity contribution in [3.05, 3.63) is 114 Å². The molecule has 6 heteroatoms. The molecule has 0 heterocycles. The van der Waals surface area contributed by atoms with Gasteiger partial charge in [0.1, 0.15) is 11.6 Å². The van der Waals surface area contributed by atoms with Crippen LogP contribution in [-0.2, 0) is 0 Å². The van der Waals surface area contributed by atoms with Crippen LogP contribution >= 0.6 is 0 Å². The Kier molecular flexibility index (Phi) is 6.59. The van der Waals surface area contributed by atoms with E-state index in [0.717, 1.165) is 23.3 Å². The second kappa shape index (κ2) is 9.59. The first-order valence-corrected chi connectivity index (χ1v) is 10.5. The molecule has 0 atom stereocenters. The Bertz CT molecular complexity index is 1350. The van der Waals surface area contributed by atoms with E-state index < -0.39 is 34.9 Å². The van der Waals surface area contributed by atoms with Crippen molar-refractivity contribution in [3.63, 3.8) is 0 Å². The third kappa shape index (κ3) is 4.62. The van der Waals surface area contributed by atoms with Crippen LogP contribution in [0.15, 0.2) is 84.7 Å². The van der Waals surface area contributed by atoms with Crippen LogP contribution < -0.4 is 0 Å². The summed E-state index contributed by atoms with van der Waals surface area (Å²) in [5.41, 5.74) is 2.85. The van der Waals surface area contributed by atoms with Crippen molar-refractivity contribution in [1.29, 1.82) is 0 Å². The fourth-order valence-corrected chi connectivity index (χ4v) is 3.62. The number of halogens is 6. The number of benzene rings is 4. The number of hydrogen-bond acceptors (Lipinski definition) is 0. The zero-order chi connectivity index (χ0) is 24.4. The fraction of sp³-hybridized carbons (Fsp3) is 0.0714. The normalized spacial score (nSPS) is 12.0. The SMILES string of the molecule is CC/C(F)=C(\F)c1ccc(-c2ccc(-c3ccc(-c4cc(F)c(F)c(F)c4)c(F)c3)cc2)cc1. The molecule has 4 aromatic rings. The predicted molar refractivity (Wildman–Crippen MR) is 122 cm³/mol. The van der Waals surface area contributed by atoms with Crippen molar-refractivity contribution >= 4 is 5.83 Å². The fourth-order valence-electron chi connectivity index (χ4n) is 3.62. The Balaban J connectivity index is 1.58. The summed E-state index contributed by atoms with van der Waals surface area (Å²) in [6, 6.07) is 19.2. The molecular weight excluding hydrogens is 450 g/mol. The molecule has 0 aliphatic rings. The van der Waals surface area contributed by atoms with Gasteiger partial charge in [0.05, 0.1) is 0 Å². The highest BCUT2D eigenvalue weighted by Gasteiger charge is 2.15. The Morgan fingerprint density at radius 2 is 1.00 bits per heavy atom. The van der Waals surface area contributed by atoms with Gasteiger partial charge in [-0.05, 0) is 52.4 Å². The van der Waals surface area contributed by atoms with E-state index in [0.29, 0.717) is 11.1 Å². The van der Waals surface area contributed by atoms with Gasteiger partial charge in [-0.2, -0.15) is 0 Å². The van der Waals surface area contributed by atoms with Gasteiger partial charge in [-0.15, -0.1) is 0 Å². The topological polar surface area (TPSA) is 0 Å². The Morgan fingerprint density at radius 1 is 0.559 bits per heavy atom. The third-order valence-electron chi connectivity index (χ3n) is 5.50. The van der Waals surface area contributed by atoms with E-state index in [1.807, 2.05) is 0 Å². The maximum atomic E-state index is 14.7. The summed E-state index contributed by atoms with van der Waals surface area (Å²) >= 11 is 0. The summed E-state index contributed by atoms with van der Waals surface area (Å²) in [4.78, 5) is 0. The number of hydrogen-bond donors (Lipinski definition) is 0. The third-order valence-corrected chi connectivity index (χ3v) is 5.50. The van der Waals surface area contributed by atoms with E-state index in [1.54, 1.807) is 42.5 Å². The maximum absolute atomic E-state index is 14.7. The average molecular weight is 468 g/mol. The molecule has 0 amide bonds. The van der Waals surface area contributed by atoms with E-state index in [1.165, 1.54) is 31.2 Å². The Labute approximate surface area is 192 Å². The minimum absolute atomic E-state index is 0.0195. The number of allylic oxidation sites excluding steroid dienone is 1. The van der Waals surface area contributed by atoms with E-state index in [2.05, 4.69) is 0 Å². The van der Waals surface area contributed by atoms with Gasteiger partial charge in [-0.25, -0.2) is 26.3 Å². The average Bonchev–Trinajstić information content (AvgIpc) is 2.86. The minimum atomic E-state index is -1.61. The van der Waals surface area contributed by atoms with Crippen LogP contribution in [0, 0.1) is 23.3 Å². The molecular formula is C28H18F6. The van der Waals surface area contributed by atoms with Crippen molar-refractivity contribution in [3.8, 4) is 33.4 Å². The van der Waals surface area contributed by atoms with Crippen LogP contribution in [0.3, 0.4) is 0 Å². The van der Waals surface area contributed by atoms with E-state index in [-0.39, 0.29) is 23.1 Å². The maximum Gasteiger partial charge on any atom is 0.194 e. The van der Waals surface area contributed by atoms with E-state index in [9.17, 15) is 26.3 Å². The van der Waals surface area contributed by atoms with Crippen LogP contribution in [0.5, 0.6) is 0 Å². The summed E-state index contributed by atoms with van der Waals surface area (Å²) in [6.07, 6.45) is -0.0195. The Hall–Kier alpha value is -3.80. The molecule has 4 aromatic carbocycles. The van der Waals surface area contributed by atoms with Crippen molar-refractivity contribution in [2.24, 2.45) is 0 Å². The lowest BCUT2D eigenvalue weighted by Crippen LogP contribution is -1.94. The summed E-state index contributed by atoms with van der Waals surface area (Å²) < 4.78 is 82.4. The molecule has 4 rings (SSSR count). The van der Waals surface area contributed by atoms with Crippen LogP contribution in [0.4, 0.5) is 26.3 Å². The first-order valence-electron chi connectivity index (χ1n) is 10.5. The summed E-state index contributed by atoms with van der Waals surface area (Å²) in [6.45, 7) is 1.53. The molecule has 0 bridgehead atoms. The van der Waals surface area contributed by atoms with Gasteiger partial charge in [-0.1, -0.05) is 67.6 Å². The predicted octanol–water partition coefficient (Wildman–Crippen LogP) is 9.26. The van der Waals surface area contributed by atoms with Gasteiger partial charge in [0.2, 0.25) is 0 Å². The molecule has 0 unspecified atom stereocenters. The molecule has 34 heavy (non-hydrogen) atoms. The van der Waals surface area contributed by atoms with Gasteiger partial charge in [0.15, 0.2) is 23.3 Å². The molecule has 0 saturated heterocycles. The van der Waals surface area contributed by atoms with Crippen LogP contribution in [0.2, 0.25) is 0 Å². The monoisotopic (exact) mass is 468 g/mol. The molecule has 0 nitrogen and oxygen atoms in total. The molecule has 0 radical (unpaired) electrons. The highest BCUT2D eigenvalue weighted by molar-refractivity contribution is 5.74. The summed E-state index contributed by atoms with van der Waals surface area (Å²) in [5.74, 6) is -6.78. The first-order chi connectivity index (χ1) is 16.3. The zero-order valence-electron chi connectivity index (χ0n) is 18.0. The summed E-state index contributed by atoms with van der Waals surface area (Å²) in [7, 11) is 0. The van der Waals surface area contributed by atoms with Crippen LogP contribution in [0.1, 0.15) is 18.9 Å². The highest BCUT2D eigenvalue weighted by Crippen LogP contribution is 2.32. The van der Waals surface area contributed by atoms with E-state index in [4.69, 9.17) is 0 Å². The van der Waals surface area contributed by atoms with Crippen molar-refractivity contribution in [1.82, 2.24) is 0 Å². The quantitative estimate of drug-likeness (QED) is 0.202. The lowest BCUT2D eigenvalue weighted by atomic mass is 9.97. The molecule has 172 valence electrons. The second-order valence-electron chi connectivity index (χ2n) is 7.68. The van der Waals surface area contributed by atoms with Gasteiger partial charge in [0, 0.05) is 11.1 Å². The lowest BCUT2D eigenvalue weighted by molar-refractivity contribution is 0.447. The highest BCUT2D eigenvalue weighted by atomic mass is 19.2. The molecule has 0 N–H and O–H groups in total. The molecule has 0 spiro atoms. The molecule has 0 saturated carbocycles. The molecule has 0 aromatic heterocycles. The smallest absolute Gasteiger partial charge is 0.194 e. The van der Waals surface area contributed by atoms with Crippen LogP contribution in [0.25, 0.3) is 39.2 Å². The molecule has 0 aliphatic carbocycles. The summed E-state index contributed by atoms with van der Waals surface area (Å²) in [5, 5.41) is 0. The largest absolute Gasteiger partial charge is 0.209 e.